The summed E-state index contributed by atoms with van der Waals surface area (Å²) < 4.78 is 0. The molecule has 84 valence electrons. The molecular weight excluding hydrogens is 224 g/mol. The molecule has 1 amide bonds. The van der Waals surface area contributed by atoms with E-state index in [2.05, 4.69) is 15.5 Å². The van der Waals surface area contributed by atoms with Crippen molar-refractivity contribution in [3.05, 3.63) is 33.8 Å². The molecule has 2 heterocycles. The molecular formula is C10H12N4OS. The van der Waals surface area contributed by atoms with Crippen LogP contribution in [0.1, 0.15) is 21.6 Å². The molecule has 0 unspecified atom stereocenters. The number of thiophene rings is 1. The second-order valence-electron chi connectivity index (χ2n) is 3.46. The fourth-order valence-electron chi connectivity index (χ4n) is 1.31. The quantitative estimate of drug-likeness (QED) is 0.750. The van der Waals surface area contributed by atoms with Crippen LogP contribution in [0.5, 0.6) is 0 Å². The van der Waals surface area contributed by atoms with Crippen LogP contribution in [0, 0.1) is 6.92 Å². The van der Waals surface area contributed by atoms with Gasteiger partial charge in [-0.1, -0.05) is 0 Å². The smallest absolute Gasteiger partial charge is 0.271 e. The van der Waals surface area contributed by atoms with E-state index in [1.165, 1.54) is 11.8 Å². The van der Waals surface area contributed by atoms with Crippen molar-refractivity contribution >= 4 is 22.9 Å². The van der Waals surface area contributed by atoms with Crippen LogP contribution in [0.4, 0.5) is 5.69 Å². The van der Waals surface area contributed by atoms with Crippen molar-refractivity contribution in [1.82, 2.24) is 15.5 Å². The van der Waals surface area contributed by atoms with Crippen molar-refractivity contribution in [2.24, 2.45) is 0 Å². The number of anilines is 1. The molecule has 0 aliphatic rings. The zero-order chi connectivity index (χ0) is 11.5. The number of nitrogens with zero attached hydrogens (tertiary/aromatic N) is 1. The topological polar surface area (TPSA) is 83.8 Å². The van der Waals surface area contributed by atoms with E-state index in [1.807, 2.05) is 17.7 Å². The maximum Gasteiger partial charge on any atom is 0.271 e. The van der Waals surface area contributed by atoms with Crippen molar-refractivity contribution in [2.45, 2.75) is 13.5 Å². The Bertz CT molecular complexity index is 502. The molecule has 16 heavy (non-hydrogen) atoms. The number of H-pyrrole nitrogens is 1. The number of aromatic amines is 1. The highest BCUT2D eigenvalue weighted by Crippen LogP contribution is 2.13. The lowest BCUT2D eigenvalue weighted by atomic mass is 10.2. The van der Waals surface area contributed by atoms with Gasteiger partial charge in [-0.15, -0.1) is 0 Å². The van der Waals surface area contributed by atoms with Crippen LogP contribution in [-0.2, 0) is 6.54 Å². The summed E-state index contributed by atoms with van der Waals surface area (Å²) in [5.41, 5.74) is 8.55. The van der Waals surface area contributed by atoms with Gasteiger partial charge in [0, 0.05) is 6.54 Å². The predicted octanol–water partition coefficient (Wildman–Crippen LogP) is 1.29. The second-order valence-corrected chi connectivity index (χ2v) is 4.21. The highest BCUT2D eigenvalue weighted by molar-refractivity contribution is 7.08. The Morgan fingerprint density at radius 2 is 2.44 bits per heavy atom. The Labute approximate surface area is 96.7 Å². The SMILES string of the molecule is Cc1cscc1CNC(=O)c1[nH]ncc1N. The van der Waals surface area contributed by atoms with E-state index < -0.39 is 0 Å². The number of nitrogen functional groups attached to an aromatic ring is 1. The van der Waals surface area contributed by atoms with E-state index in [-0.39, 0.29) is 5.91 Å². The fourth-order valence-corrected chi connectivity index (χ4v) is 2.17. The Balaban J connectivity index is 1.99. The van der Waals surface area contributed by atoms with Gasteiger partial charge in [0.1, 0.15) is 5.69 Å². The van der Waals surface area contributed by atoms with Crippen LogP contribution < -0.4 is 11.1 Å². The number of hydrogen-bond acceptors (Lipinski definition) is 4. The molecule has 0 saturated heterocycles. The summed E-state index contributed by atoms with van der Waals surface area (Å²) in [6.45, 7) is 2.52. The molecule has 0 aliphatic carbocycles. The third-order valence-corrected chi connectivity index (χ3v) is 3.21. The summed E-state index contributed by atoms with van der Waals surface area (Å²) in [4.78, 5) is 11.7. The van der Waals surface area contributed by atoms with Crippen LogP contribution in [0.25, 0.3) is 0 Å². The number of carbonyl (C=O) groups excluding carboxylic acids is 1. The summed E-state index contributed by atoms with van der Waals surface area (Å²) in [5, 5.41) is 13.1. The highest BCUT2D eigenvalue weighted by atomic mass is 32.1. The molecule has 6 heteroatoms. The minimum absolute atomic E-state index is 0.236. The Hall–Kier alpha value is -1.82. The van der Waals surface area contributed by atoms with Gasteiger partial charge in [-0.3, -0.25) is 9.89 Å². The molecule has 0 aliphatic heterocycles. The maximum absolute atomic E-state index is 11.7. The molecule has 0 radical (unpaired) electrons. The van der Waals surface area contributed by atoms with E-state index in [0.717, 1.165) is 5.56 Å². The van der Waals surface area contributed by atoms with Gasteiger partial charge in [-0.05, 0) is 28.8 Å². The average molecular weight is 236 g/mol. The van der Waals surface area contributed by atoms with Crippen LogP contribution in [-0.4, -0.2) is 16.1 Å². The number of aryl methyl sites for hydroxylation is 1. The minimum atomic E-state index is -0.236. The standard InChI is InChI=1S/C10H12N4OS/c1-6-4-16-5-7(6)2-12-10(15)9-8(11)3-13-14-9/h3-5H,2,11H2,1H3,(H,12,15)(H,13,14). The van der Waals surface area contributed by atoms with Gasteiger partial charge in [-0.25, -0.2) is 0 Å². The summed E-state index contributed by atoms with van der Waals surface area (Å²) in [5.74, 6) is -0.236. The third kappa shape index (κ3) is 2.06. The lowest BCUT2D eigenvalue weighted by molar-refractivity contribution is 0.0947. The van der Waals surface area contributed by atoms with Gasteiger partial charge in [0.15, 0.2) is 0 Å². The molecule has 0 spiro atoms. The van der Waals surface area contributed by atoms with E-state index in [4.69, 9.17) is 5.73 Å². The van der Waals surface area contributed by atoms with E-state index in [0.29, 0.717) is 17.9 Å². The zero-order valence-corrected chi connectivity index (χ0v) is 9.60. The molecule has 0 fully saturated rings. The fraction of sp³-hybridized carbons (Fsp3) is 0.200. The number of nitrogens with one attached hydrogen (secondary N) is 2. The first-order valence-corrected chi connectivity index (χ1v) is 5.71. The summed E-state index contributed by atoms with van der Waals surface area (Å²) in [6.07, 6.45) is 1.42. The van der Waals surface area contributed by atoms with Gasteiger partial charge in [0.05, 0.1) is 11.9 Å². The molecule has 2 aromatic rings. The molecule has 4 N–H and O–H groups in total. The number of amides is 1. The van der Waals surface area contributed by atoms with Crippen LogP contribution >= 0.6 is 11.3 Å². The first kappa shape index (κ1) is 10.7. The van der Waals surface area contributed by atoms with Gasteiger partial charge in [-0.2, -0.15) is 16.4 Å². The van der Waals surface area contributed by atoms with Crippen molar-refractivity contribution in [2.75, 3.05) is 5.73 Å². The first-order chi connectivity index (χ1) is 7.68. The number of hydrogen-bond donors (Lipinski definition) is 3. The lowest BCUT2D eigenvalue weighted by Crippen LogP contribution is -2.24. The van der Waals surface area contributed by atoms with Gasteiger partial charge in [0.25, 0.3) is 5.91 Å². The number of aromatic nitrogens is 2. The van der Waals surface area contributed by atoms with Crippen LogP contribution in [0.3, 0.4) is 0 Å². The number of rotatable bonds is 3. The molecule has 2 aromatic heterocycles. The van der Waals surface area contributed by atoms with Crippen molar-refractivity contribution < 1.29 is 4.79 Å². The normalized spacial score (nSPS) is 10.3. The Morgan fingerprint density at radius 1 is 1.62 bits per heavy atom. The zero-order valence-electron chi connectivity index (χ0n) is 8.78. The molecule has 0 saturated carbocycles. The van der Waals surface area contributed by atoms with Crippen LogP contribution in [0.2, 0.25) is 0 Å². The summed E-state index contributed by atoms with van der Waals surface area (Å²) in [6, 6.07) is 0. The van der Waals surface area contributed by atoms with Crippen molar-refractivity contribution in [3.8, 4) is 0 Å². The Kier molecular flexibility index (Phi) is 2.91. The largest absolute Gasteiger partial charge is 0.396 e. The minimum Gasteiger partial charge on any atom is -0.396 e. The monoisotopic (exact) mass is 236 g/mol. The highest BCUT2D eigenvalue weighted by Gasteiger charge is 2.11. The van der Waals surface area contributed by atoms with Gasteiger partial charge >= 0.3 is 0 Å². The van der Waals surface area contributed by atoms with Crippen molar-refractivity contribution in [3.63, 3.8) is 0 Å². The van der Waals surface area contributed by atoms with E-state index in [1.54, 1.807) is 11.3 Å². The van der Waals surface area contributed by atoms with Crippen molar-refractivity contribution in [1.29, 1.82) is 0 Å². The van der Waals surface area contributed by atoms with Crippen LogP contribution in [0.15, 0.2) is 17.0 Å². The number of carbonyl (C=O) groups is 1. The van der Waals surface area contributed by atoms with E-state index in [9.17, 15) is 4.79 Å². The third-order valence-electron chi connectivity index (χ3n) is 2.30. The molecule has 0 bridgehead atoms. The molecule has 5 nitrogen and oxygen atoms in total. The lowest BCUT2D eigenvalue weighted by Gasteiger charge is -2.03. The Morgan fingerprint density at radius 3 is 3.00 bits per heavy atom. The first-order valence-electron chi connectivity index (χ1n) is 4.77. The summed E-state index contributed by atoms with van der Waals surface area (Å²) in [7, 11) is 0. The van der Waals surface area contributed by atoms with Gasteiger partial charge < -0.3 is 11.1 Å². The molecule has 0 atom stereocenters. The summed E-state index contributed by atoms with van der Waals surface area (Å²) >= 11 is 1.62. The maximum atomic E-state index is 11.7. The molecule has 2 rings (SSSR count). The van der Waals surface area contributed by atoms with E-state index >= 15 is 0 Å². The van der Waals surface area contributed by atoms with Gasteiger partial charge in [0.2, 0.25) is 0 Å². The molecule has 0 aromatic carbocycles. The predicted molar refractivity (Wildman–Crippen MR) is 63.2 cm³/mol. The number of nitrogens with two attached hydrogens (primary N) is 1. The second kappa shape index (κ2) is 4.36. The average Bonchev–Trinajstić information content (AvgIpc) is 2.84.